The third-order valence-electron chi connectivity index (χ3n) is 1.39. The fourth-order valence-electron chi connectivity index (χ4n) is 0.788. The van der Waals surface area contributed by atoms with Crippen molar-refractivity contribution in [2.75, 3.05) is 0 Å². The molecular formula is C7H6ClF2NO. The third kappa shape index (κ3) is 1.64. The first kappa shape index (κ1) is 9.19. The van der Waals surface area contributed by atoms with E-state index in [1.807, 2.05) is 0 Å². The molecule has 1 heterocycles. The summed E-state index contributed by atoms with van der Waals surface area (Å²) in [5.74, 6) is -0.589. The molecule has 1 N–H and O–H groups in total. The summed E-state index contributed by atoms with van der Waals surface area (Å²) in [5, 5.41) is 9.13. The average molecular weight is 194 g/mol. The topological polar surface area (TPSA) is 33.1 Å². The van der Waals surface area contributed by atoms with Crippen LogP contribution in [0.25, 0.3) is 0 Å². The summed E-state index contributed by atoms with van der Waals surface area (Å²) < 4.78 is 24.2. The molecule has 5 heteroatoms. The summed E-state index contributed by atoms with van der Waals surface area (Å²) in [6, 6.07) is 1.07. The van der Waals surface area contributed by atoms with E-state index in [0.29, 0.717) is 0 Å². The molecule has 0 atom stereocenters. The van der Waals surface area contributed by atoms with Crippen molar-refractivity contribution in [3.8, 4) is 5.75 Å². The predicted molar refractivity (Wildman–Crippen MR) is 40.4 cm³/mol. The molecule has 1 aromatic rings. The lowest BCUT2D eigenvalue weighted by molar-refractivity contribution is 0.147. The first-order chi connectivity index (χ1) is 5.66. The zero-order valence-electron chi connectivity index (χ0n) is 5.97. The number of hydrogen-bond acceptors (Lipinski definition) is 2. The van der Waals surface area contributed by atoms with Gasteiger partial charge in [0.2, 0.25) is 0 Å². The fraction of sp³-hybridized carbons (Fsp3) is 0.286. The minimum Gasteiger partial charge on any atom is -0.505 e. The normalized spacial score (nSPS) is 10.7. The number of aromatic nitrogens is 1. The first-order valence-corrected chi connectivity index (χ1v) is 3.71. The molecule has 2 nitrogen and oxygen atoms in total. The molecule has 0 radical (unpaired) electrons. The molecule has 1 rings (SSSR count). The van der Waals surface area contributed by atoms with Crippen molar-refractivity contribution >= 4 is 11.6 Å². The van der Waals surface area contributed by atoms with Gasteiger partial charge in [-0.2, -0.15) is 0 Å². The zero-order chi connectivity index (χ0) is 9.14. The molecule has 0 aliphatic heterocycles. The third-order valence-corrected chi connectivity index (χ3v) is 1.65. The largest absolute Gasteiger partial charge is 0.505 e. The van der Waals surface area contributed by atoms with Gasteiger partial charge in [0, 0.05) is 6.20 Å². The Labute approximate surface area is 72.8 Å². The van der Waals surface area contributed by atoms with E-state index in [2.05, 4.69) is 4.98 Å². The number of aromatic hydroxyl groups is 1. The Bertz CT molecular complexity index is 280. The van der Waals surface area contributed by atoms with Gasteiger partial charge in [-0.15, -0.1) is 11.6 Å². The Balaban J connectivity index is 3.14. The van der Waals surface area contributed by atoms with Gasteiger partial charge in [-0.1, -0.05) is 0 Å². The van der Waals surface area contributed by atoms with Crippen LogP contribution in [0.2, 0.25) is 0 Å². The molecule has 0 aliphatic rings. The Morgan fingerprint density at radius 1 is 1.58 bits per heavy atom. The highest BCUT2D eigenvalue weighted by Gasteiger charge is 2.15. The Morgan fingerprint density at radius 3 is 2.75 bits per heavy atom. The molecule has 1 aromatic heterocycles. The second-order valence-electron chi connectivity index (χ2n) is 2.13. The van der Waals surface area contributed by atoms with Crippen LogP contribution in [0.4, 0.5) is 8.78 Å². The number of pyridine rings is 1. The van der Waals surface area contributed by atoms with E-state index in [0.717, 1.165) is 6.07 Å². The lowest BCUT2D eigenvalue weighted by atomic mass is 10.2. The van der Waals surface area contributed by atoms with E-state index in [-0.39, 0.29) is 11.6 Å². The van der Waals surface area contributed by atoms with Crippen LogP contribution in [0.1, 0.15) is 17.7 Å². The van der Waals surface area contributed by atoms with Gasteiger partial charge >= 0.3 is 0 Å². The number of halogens is 3. The van der Waals surface area contributed by atoms with E-state index in [9.17, 15) is 8.78 Å². The van der Waals surface area contributed by atoms with Crippen molar-refractivity contribution in [2.24, 2.45) is 0 Å². The molecule has 12 heavy (non-hydrogen) atoms. The van der Waals surface area contributed by atoms with Gasteiger partial charge in [0.1, 0.15) is 5.75 Å². The summed E-state index contributed by atoms with van der Waals surface area (Å²) >= 11 is 5.34. The monoisotopic (exact) mass is 193 g/mol. The number of rotatable bonds is 2. The minimum atomic E-state index is -2.70. The van der Waals surface area contributed by atoms with Gasteiger partial charge < -0.3 is 5.11 Å². The van der Waals surface area contributed by atoms with Gasteiger partial charge in [-0.3, -0.25) is 4.98 Å². The molecule has 0 spiro atoms. The van der Waals surface area contributed by atoms with E-state index in [4.69, 9.17) is 16.7 Å². The van der Waals surface area contributed by atoms with Crippen LogP contribution in [-0.2, 0) is 5.88 Å². The second kappa shape index (κ2) is 3.67. The van der Waals surface area contributed by atoms with Gasteiger partial charge in [0.15, 0.2) is 0 Å². The standard InChI is InChI=1S/C7H6ClF2NO/c8-3-5-6(12)4(7(9)10)1-2-11-5/h1-2,7,12H,3H2. The first-order valence-electron chi connectivity index (χ1n) is 3.17. The summed E-state index contributed by atoms with van der Waals surface area (Å²) in [5.41, 5.74) is -0.352. The van der Waals surface area contributed by atoms with Crippen molar-refractivity contribution < 1.29 is 13.9 Å². The van der Waals surface area contributed by atoms with Crippen LogP contribution in [0, 0.1) is 0 Å². The lowest BCUT2D eigenvalue weighted by Gasteiger charge is -2.04. The van der Waals surface area contributed by atoms with Crippen LogP contribution in [0.3, 0.4) is 0 Å². The summed E-state index contributed by atoms with van der Waals surface area (Å²) in [4.78, 5) is 3.62. The molecule has 0 saturated carbocycles. The highest BCUT2D eigenvalue weighted by atomic mass is 35.5. The maximum Gasteiger partial charge on any atom is 0.267 e. The smallest absolute Gasteiger partial charge is 0.267 e. The zero-order valence-corrected chi connectivity index (χ0v) is 6.72. The summed E-state index contributed by atoms with van der Waals surface area (Å²) in [6.45, 7) is 0. The van der Waals surface area contributed by atoms with Gasteiger partial charge in [-0.05, 0) is 6.07 Å². The lowest BCUT2D eigenvalue weighted by Crippen LogP contribution is -1.92. The summed E-state index contributed by atoms with van der Waals surface area (Å²) in [6.07, 6.45) is -1.51. The quantitative estimate of drug-likeness (QED) is 0.732. The average Bonchev–Trinajstić information content (AvgIpc) is 2.04. The van der Waals surface area contributed by atoms with Gasteiger partial charge in [0.05, 0.1) is 17.1 Å². The number of nitrogens with zero attached hydrogens (tertiary/aromatic N) is 1. The van der Waals surface area contributed by atoms with Crippen molar-refractivity contribution in [2.45, 2.75) is 12.3 Å². The van der Waals surface area contributed by atoms with Gasteiger partial charge in [0.25, 0.3) is 6.43 Å². The van der Waals surface area contributed by atoms with Crippen LogP contribution in [0.15, 0.2) is 12.3 Å². The molecule has 0 bridgehead atoms. The van der Waals surface area contributed by atoms with Crippen LogP contribution in [-0.4, -0.2) is 10.1 Å². The molecule has 0 amide bonds. The molecule has 66 valence electrons. The van der Waals surface area contributed by atoms with Crippen LogP contribution >= 0.6 is 11.6 Å². The molecule has 0 unspecified atom stereocenters. The van der Waals surface area contributed by atoms with Crippen molar-refractivity contribution in [1.29, 1.82) is 0 Å². The molecule has 0 fully saturated rings. The van der Waals surface area contributed by atoms with Crippen molar-refractivity contribution in [3.05, 3.63) is 23.5 Å². The van der Waals surface area contributed by atoms with Crippen LogP contribution < -0.4 is 0 Å². The Kier molecular flexibility index (Phi) is 2.81. The van der Waals surface area contributed by atoms with E-state index >= 15 is 0 Å². The van der Waals surface area contributed by atoms with E-state index in [1.165, 1.54) is 6.20 Å². The fourth-order valence-corrected chi connectivity index (χ4v) is 0.984. The van der Waals surface area contributed by atoms with E-state index in [1.54, 1.807) is 0 Å². The minimum absolute atomic E-state index is 0.0770. The Hall–Kier alpha value is -0.900. The highest BCUT2D eigenvalue weighted by Crippen LogP contribution is 2.30. The van der Waals surface area contributed by atoms with E-state index < -0.39 is 17.7 Å². The highest BCUT2D eigenvalue weighted by molar-refractivity contribution is 6.17. The number of hydrogen-bond donors (Lipinski definition) is 1. The molecular weight excluding hydrogens is 188 g/mol. The van der Waals surface area contributed by atoms with Gasteiger partial charge in [-0.25, -0.2) is 8.78 Å². The van der Waals surface area contributed by atoms with Crippen LogP contribution in [0.5, 0.6) is 5.75 Å². The maximum absolute atomic E-state index is 12.1. The Morgan fingerprint density at radius 2 is 2.25 bits per heavy atom. The maximum atomic E-state index is 12.1. The molecule has 0 aromatic carbocycles. The predicted octanol–water partition coefficient (Wildman–Crippen LogP) is 2.46. The molecule has 0 saturated heterocycles. The van der Waals surface area contributed by atoms with Crippen molar-refractivity contribution in [3.63, 3.8) is 0 Å². The van der Waals surface area contributed by atoms with Crippen molar-refractivity contribution in [1.82, 2.24) is 4.98 Å². The SMILES string of the molecule is Oc1c(C(F)F)ccnc1CCl. The summed E-state index contributed by atoms with van der Waals surface area (Å²) in [7, 11) is 0. The molecule has 0 aliphatic carbocycles. The number of alkyl halides is 3. The second-order valence-corrected chi connectivity index (χ2v) is 2.40.